The summed E-state index contributed by atoms with van der Waals surface area (Å²) in [7, 11) is 3.74. The van der Waals surface area contributed by atoms with Gasteiger partial charge in [0.2, 0.25) is 11.8 Å². The van der Waals surface area contributed by atoms with Crippen molar-refractivity contribution in [2.75, 3.05) is 40.3 Å². The molecule has 3 rings (SSSR count). The summed E-state index contributed by atoms with van der Waals surface area (Å²) in [6.45, 7) is 2.28. The van der Waals surface area contributed by atoms with Crippen molar-refractivity contribution in [1.29, 1.82) is 0 Å². The van der Waals surface area contributed by atoms with E-state index in [1.165, 1.54) is 6.07 Å². The first-order chi connectivity index (χ1) is 12.3. The molecule has 2 fully saturated rings. The highest BCUT2D eigenvalue weighted by Crippen LogP contribution is 2.38. The van der Waals surface area contributed by atoms with Crippen LogP contribution in [0.1, 0.15) is 24.8 Å². The van der Waals surface area contributed by atoms with E-state index in [-0.39, 0.29) is 28.8 Å². The largest absolute Gasteiger partial charge is 0.339 e. The Labute approximate surface area is 158 Å². The normalized spacial score (nSPS) is 22.7. The van der Waals surface area contributed by atoms with Gasteiger partial charge in [-0.1, -0.05) is 23.7 Å². The fraction of sp³-hybridized carbons (Fsp3) is 0.579. The van der Waals surface area contributed by atoms with Crippen molar-refractivity contribution in [2.45, 2.75) is 31.2 Å². The topological polar surface area (TPSA) is 43.9 Å². The van der Waals surface area contributed by atoms with Crippen LogP contribution >= 0.6 is 11.6 Å². The highest BCUT2D eigenvalue weighted by atomic mass is 35.5. The van der Waals surface area contributed by atoms with Crippen molar-refractivity contribution in [3.63, 3.8) is 0 Å². The van der Waals surface area contributed by atoms with E-state index in [0.29, 0.717) is 31.7 Å². The summed E-state index contributed by atoms with van der Waals surface area (Å²) >= 11 is 5.82. The minimum atomic E-state index is -0.523. The van der Waals surface area contributed by atoms with Gasteiger partial charge in [-0.15, -0.1) is 0 Å². The first-order valence-electron chi connectivity index (χ1n) is 8.98. The maximum atomic E-state index is 14.1. The van der Waals surface area contributed by atoms with Gasteiger partial charge in [0, 0.05) is 19.6 Å². The predicted molar refractivity (Wildman–Crippen MR) is 98.5 cm³/mol. The molecule has 2 aliphatic rings. The summed E-state index contributed by atoms with van der Waals surface area (Å²) < 4.78 is 14.1. The van der Waals surface area contributed by atoms with Crippen LogP contribution in [0.4, 0.5) is 4.39 Å². The number of likely N-dealkylation sites (N-methyl/N-ethyl adjacent to an activating group) is 1. The number of halogens is 2. The first-order valence-corrected chi connectivity index (χ1v) is 9.36. The maximum absolute atomic E-state index is 14.1. The molecule has 0 aromatic heterocycles. The first kappa shape index (κ1) is 19.1. The molecule has 0 N–H and O–H groups in total. The fourth-order valence-electron chi connectivity index (χ4n) is 4.14. The predicted octanol–water partition coefficient (Wildman–Crippen LogP) is 2.18. The second kappa shape index (κ2) is 7.53. The molecule has 7 heteroatoms. The Morgan fingerprint density at radius 2 is 2.00 bits per heavy atom. The lowest BCUT2D eigenvalue weighted by atomic mass is 9.94. The van der Waals surface area contributed by atoms with E-state index in [0.717, 1.165) is 19.3 Å². The van der Waals surface area contributed by atoms with Crippen molar-refractivity contribution in [1.82, 2.24) is 14.7 Å². The highest BCUT2D eigenvalue weighted by molar-refractivity contribution is 6.30. The number of amides is 2. The molecule has 1 spiro atoms. The van der Waals surface area contributed by atoms with Gasteiger partial charge < -0.3 is 14.7 Å². The standard InChI is InChI=1S/C19H25ClFN3O2/c1-22(2)12-17(26)23-10-8-19(13-23)7-4-9-24(19)16(25)11-14-5-3-6-15(20)18(14)21/h3,5-6H,4,7-13H2,1-2H3. The van der Waals surface area contributed by atoms with Crippen molar-refractivity contribution in [3.8, 4) is 0 Å². The number of rotatable bonds is 4. The average Bonchev–Trinajstić information content (AvgIpc) is 3.19. The minimum Gasteiger partial charge on any atom is -0.339 e. The molecule has 0 radical (unpaired) electrons. The Bertz CT molecular complexity index is 712. The van der Waals surface area contributed by atoms with Crippen LogP contribution in [0.2, 0.25) is 5.02 Å². The van der Waals surface area contributed by atoms with E-state index in [4.69, 9.17) is 11.6 Å². The fourth-order valence-corrected chi connectivity index (χ4v) is 4.33. The molecule has 2 amide bonds. The van der Waals surface area contributed by atoms with Gasteiger partial charge in [-0.2, -0.15) is 0 Å². The number of likely N-dealkylation sites (tertiary alicyclic amines) is 2. The summed E-state index contributed by atoms with van der Waals surface area (Å²) in [4.78, 5) is 30.8. The second-order valence-electron chi connectivity index (χ2n) is 7.57. The van der Waals surface area contributed by atoms with E-state index >= 15 is 0 Å². The smallest absolute Gasteiger partial charge is 0.236 e. The van der Waals surface area contributed by atoms with E-state index < -0.39 is 5.82 Å². The third-order valence-electron chi connectivity index (χ3n) is 5.41. The molecule has 0 aliphatic carbocycles. The zero-order valence-corrected chi connectivity index (χ0v) is 16.1. The van der Waals surface area contributed by atoms with Crippen LogP contribution in [-0.2, 0) is 16.0 Å². The summed E-state index contributed by atoms with van der Waals surface area (Å²) in [5, 5.41) is 0.0350. The van der Waals surface area contributed by atoms with Gasteiger partial charge in [0.05, 0.1) is 23.5 Å². The molecule has 26 heavy (non-hydrogen) atoms. The van der Waals surface area contributed by atoms with Crippen LogP contribution in [0.5, 0.6) is 0 Å². The Morgan fingerprint density at radius 1 is 1.23 bits per heavy atom. The Hall–Kier alpha value is -1.66. The van der Waals surface area contributed by atoms with Crippen molar-refractivity contribution < 1.29 is 14.0 Å². The van der Waals surface area contributed by atoms with E-state index in [9.17, 15) is 14.0 Å². The number of carbonyl (C=O) groups excluding carboxylic acids is 2. The van der Waals surface area contributed by atoms with Crippen molar-refractivity contribution >= 4 is 23.4 Å². The molecule has 1 aromatic rings. The monoisotopic (exact) mass is 381 g/mol. The van der Waals surface area contributed by atoms with Gasteiger partial charge in [0.15, 0.2) is 0 Å². The van der Waals surface area contributed by atoms with Crippen LogP contribution in [0.15, 0.2) is 18.2 Å². The van der Waals surface area contributed by atoms with Crippen molar-refractivity contribution in [2.24, 2.45) is 0 Å². The lowest BCUT2D eigenvalue weighted by molar-refractivity contribution is -0.136. The lowest BCUT2D eigenvalue weighted by Crippen LogP contribution is -2.50. The summed E-state index contributed by atoms with van der Waals surface area (Å²) in [6.07, 6.45) is 2.59. The lowest BCUT2D eigenvalue weighted by Gasteiger charge is -2.35. The third kappa shape index (κ3) is 3.71. The summed E-state index contributed by atoms with van der Waals surface area (Å²) in [5.74, 6) is -0.525. The Kier molecular flexibility index (Phi) is 5.53. The SMILES string of the molecule is CN(C)CC(=O)N1CCC2(CCCN2C(=O)Cc2cccc(Cl)c2F)C1. The Morgan fingerprint density at radius 3 is 2.73 bits per heavy atom. The quantitative estimate of drug-likeness (QED) is 0.803. The number of carbonyl (C=O) groups is 2. The van der Waals surface area contributed by atoms with Gasteiger partial charge >= 0.3 is 0 Å². The van der Waals surface area contributed by atoms with Crippen LogP contribution in [0.25, 0.3) is 0 Å². The van der Waals surface area contributed by atoms with E-state index in [2.05, 4.69) is 0 Å². The number of hydrogen-bond acceptors (Lipinski definition) is 3. The average molecular weight is 382 g/mol. The molecule has 142 valence electrons. The van der Waals surface area contributed by atoms with Crippen LogP contribution in [-0.4, -0.2) is 72.3 Å². The van der Waals surface area contributed by atoms with E-state index in [1.807, 2.05) is 28.8 Å². The zero-order valence-electron chi connectivity index (χ0n) is 15.3. The van der Waals surface area contributed by atoms with Gasteiger partial charge in [0.1, 0.15) is 5.82 Å². The number of nitrogens with zero attached hydrogens (tertiary/aromatic N) is 3. The molecule has 1 unspecified atom stereocenters. The molecule has 5 nitrogen and oxygen atoms in total. The summed E-state index contributed by atoms with van der Waals surface area (Å²) in [6, 6.07) is 4.74. The summed E-state index contributed by atoms with van der Waals surface area (Å²) in [5.41, 5.74) is 0.0248. The van der Waals surface area contributed by atoms with Crippen LogP contribution in [0, 0.1) is 5.82 Å². The molecule has 1 atom stereocenters. The molecule has 2 saturated heterocycles. The van der Waals surface area contributed by atoms with Gasteiger partial charge in [-0.05, 0) is 45.0 Å². The van der Waals surface area contributed by atoms with Crippen molar-refractivity contribution in [3.05, 3.63) is 34.6 Å². The third-order valence-corrected chi connectivity index (χ3v) is 5.70. The second-order valence-corrected chi connectivity index (χ2v) is 7.97. The number of benzene rings is 1. The Balaban J connectivity index is 1.71. The highest BCUT2D eigenvalue weighted by Gasteiger charge is 2.48. The van der Waals surface area contributed by atoms with Gasteiger partial charge in [-0.3, -0.25) is 9.59 Å². The molecule has 0 bridgehead atoms. The molecule has 2 aliphatic heterocycles. The van der Waals surface area contributed by atoms with Gasteiger partial charge in [0.25, 0.3) is 0 Å². The molecular formula is C19H25ClFN3O2. The van der Waals surface area contributed by atoms with Gasteiger partial charge in [-0.25, -0.2) is 4.39 Å². The minimum absolute atomic E-state index is 0.000211. The molecule has 1 aromatic carbocycles. The number of hydrogen-bond donors (Lipinski definition) is 0. The van der Waals surface area contributed by atoms with E-state index in [1.54, 1.807) is 12.1 Å². The van der Waals surface area contributed by atoms with Crippen LogP contribution < -0.4 is 0 Å². The molecule has 2 heterocycles. The molecule has 0 saturated carbocycles. The zero-order chi connectivity index (χ0) is 18.9. The van der Waals surface area contributed by atoms with Crippen LogP contribution in [0.3, 0.4) is 0 Å². The maximum Gasteiger partial charge on any atom is 0.236 e. The molecular weight excluding hydrogens is 357 g/mol.